The third kappa shape index (κ3) is 7.39. The van der Waals surface area contributed by atoms with Gasteiger partial charge in [-0.05, 0) is 65.6 Å². The predicted octanol–water partition coefficient (Wildman–Crippen LogP) is 7.67. The summed E-state index contributed by atoms with van der Waals surface area (Å²) in [5.41, 5.74) is 16.8. The van der Waals surface area contributed by atoms with E-state index in [0.29, 0.717) is 5.69 Å². The van der Waals surface area contributed by atoms with Crippen molar-refractivity contribution in [2.24, 2.45) is 30.7 Å². The van der Waals surface area contributed by atoms with Crippen LogP contribution in [-0.2, 0) is 20.2 Å². The molecule has 0 aromatic heterocycles. The van der Waals surface area contributed by atoms with Gasteiger partial charge < -0.3 is 22.3 Å². The number of allylic oxidation sites excluding steroid dienone is 2. The Morgan fingerprint density at radius 1 is 0.654 bits per heavy atom. The molecule has 5 aromatic rings. The molecule has 264 valence electrons. The second-order valence-electron chi connectivity index (χ2n) is 11.4. The molecule has 0 unspecified atom stereocenters. The van der Waals surface area contributed by atoms with E-state index in [4.69, 9.17) is 17.2 Å². The van der Waals surface area contributed by atoms with Crippen LogP contribution in [-0.4, -0.2) is 36.7 Å². The van der Waals surface area contributed by atoms with E-state index in [1.807, 2.05) is 30.3 Å². The van der Waals surface area contributed by atoms with Crippen LogP contribution in [0, 0.1) is 0 Å². The lowest BCUT2D eigenvalue weighted by molar-refractivity contribution is 0.472. The zero-order valence-corrected chi connectivity index (χ0v) is 28.4. The Morgan fingerprint density at radius 2 is 1.23 bits per heavy atom. The van der Waals surface area contributed by atoms with Crippen molar-refractivity contribution in [2.45, 2.75) is 21.4 Å². The van der Waals surface area contributed by atoms with E-state index in [2.05, 4.69) is 30.7 Å². The highest BCUT2D eigenvalue weighted by Gasteiger charge is 2.31. The van der Waals surface area contributed by atoms with Gasteiger partial charge in [-0.15, -0.1) is 20.5 Å². The molecule has 0 spiro atoms. The summed E-state index contributed by atoms with van der Waals surface area (Å²) in [5, 5.41) is 35.6. The minimum absolute atomic E-state index is 0.196. The molecule has 1 aliphatic carbocycles. The molecule has 0 amide bonds. The number of phenols is 1. The van der Waals surface area contributed by atoms with Crippen molar-refractivity contribution in [3.05, 3.63) is 121 Å². The molecule has 18 heteroatoms. The van der Waals surface area contributed by atoms with E-state index in [9.17, 15) is 31.0 Å². The van der Waals surface area contributed by atoms with Crippen LogP contribution < -0.4 is 17.2 Å². The molecule has 0 heterocycles. The van der Waals surface area contributed by atoms with Gasteiger partial charge >= 0.3 is 0 Å². The summed E-state index contributed by atoms with van der Waals surface area (Å²) < 4.78 is 70.4. The first-order valence-electron chi connectivity index (χ1n) is 15.1. The fourth-order valence-corrected chi connectivity index (χ4v) is 6.62. The maximum Gasteiger partial charge on any atom is 0.296 e. The summed E-state index contributed by atoms with van der Waals surface area (Å²) in [6, 6.07) is 23.8. The number of hydrogen-bond acceptors (Lipinski definition) is 14. The standard InChI is InChI=1S/C34H29N9O7S2/c35-23-11-12-26(25(36)19-23)39-42-34(15-13-21(14-16-34)20-7-3-1-4-8-20)43-41-31-27(51(45,46)47)17-22-18-28(52(48,49)50)32(33(44)29(22)30(31)37)40-38-24-9-5-2-6-10-24/h1-19,21,44H,35-37H2,(H,45,46,47)(H,48,49,50)/b40-38+,42-39+,43-41+. The number of phenolic OH excluding ortho intramolecular Hbond substituents is 1. The molecule has 0 fully saturated rings. The molecule has 0 radical (unpaired) electrons. The molecule has 16 nitrogen and oxygen atoms in total. The number of nitrogens with two attached hydrogens (primary N) is 3. The van der Waals surface area contributed by atoms with Crippen molar-refractivity contribution in [1.29, 1.82) is 0 Å². The fourth-order valence-electron chi connectivity index (χ4n) is 5.30. The number of aromatic hydroxyl groups is 1. The molecule has 0 aliphatic heterocycles. The van der Waals surface area contributed by atoms with Crippen molar-refractivity contribution >= 4 is 70.8 Å². The van der Waals surface area contributed by atoms with Gasteiger partial charge in [0, 0.05) is 11.6 Å². The molecular formula is C34H29N9O7S2. The summed E-state index contributed by atoms with van der Waals surface area (Å²) in [6.07, 6.45) is 6.68. The molecule has 0 atom stereocenters. The van der Waals surface area contributed by atoms with Gasteiger partial charge in [0.15, 0.2) is 5.75 Å². The topological polar surface area (TPSA) is 281 Å². The second kappa shape index (κ2) is 13.8. The number of azo groups is 3. The average molecular weight is 740 g/mol. The third-order valence-electron chi connectivity index (χ3n) is 7.85. The van der Waals surface area contributed by atoms with Crippen LogP contribution in [0.4, 0.5) is 39.8 Å². The summed E-state index contributed by atoms with van der Waals surface area (Å²) in [5.74, 6) is -1.09. The lowest BCUT2D eigenvalue weighted by Crippen LogP contribution is -2.19. The number of hydrogen-bond donors (Lipinski definition) is 6. The Morgan fingerprint density at radius 3 is 1.83 bits per heavy atom. The van der Waals surface area contributed by atoms with Gasteiger partial charge in [-0.2, -0.15) is 27.1 Å². The minimum Gasteiger partial charge on any atom is -0.505 e. The van der Waals surface area contributed by atoms with Gasteiger partial charge in [-0.1, -0.05) is 60.7 Å². The number of rotatable bonds is 9. The van der Waals surface area contributed by atoms with E-state index in [1.165, 1.54) is 12.1 Å². The summed E-state index contributed by atoms with van der Waals surface area (Å²) in [6.45, 7) is 0. The van der Waals surface area contributed by atoms with Gasteiger partial charge in [0.25, 0.3) is 20.2 Å². The van der Waals surface area contributed by atoms with Crippen molar-refractivity contribution in [2.75, 3.05) is 17.2 Å². The molecular weight excluding hydrogens is 711 g/mol. The molecule has 0 saturated heterocycles. The highest BCUT2D eigenvalue weighted by Crippen LogP contribution is 2.48. The normalized spacial score (nSPS) is 17.9. The molecule has 1 aliphatic rings. The van der Waals surface area contributed by atoms with Crippen LogP contribution in [0.15, 0.2) is 156 Å². The SMILES string of the molecule is Nc1ccc(/N=N/C2(/N=N/c3c(S(=O)(=O)O)cc4cc(S(=O)(=O)O)c(/N=N/c5ccccc5)c(O)c4c3N)C=CC(c3ccccc3)C=C2)c(N)c1. The van der Waals surface area contributed by atoms with E-state index in [0.717, 1.165) is 17.7 Å². The van der Waals surface area contributed by atoms with Gasteiger partial charge in [-0.25, -0.2) is 0 Å². The first kappa shape index (κ1) is 35.5. The Hall–Kier alpha value is -6.34. The van der Waals surface area contributed by atoms with Gasteiger partial charge in [-0.3, -0.25) is 9.11 Å². The number of nitrogens with zero attached hydrogens (tertiary/aromatic N) is 6. The largest absolute Gasteiger partial charge is 0.505 e. The van der Waals surface area contributed by atoms with Crippen LogP contribution in [0.5, 0.6) is 5.75 Å². The Bertz CT molecular complexity index is 2560. The molecule has 0 bridgehead atoms. The van der Waals surface area contributed by atoms with Gasteiger partial charge in [0.05, 0.1) is 22.4 Å². The van der Waals surface area contributed by atoms with E-state index < -0.39 is 58.5 Å². The summed E-state index contributed by atoms with van der Waals surface area (Å²) >= 11 is 0. The summed E-state index contributed by atoms with van der Waals surface area (Å²) in [7, 11) is -10.2. The van der Waals surface area contributed by atoms with Crippen LogP contribution in [0.3, 0.4) is 0 Å². The van der Waals surface area contributed by atoms with E-state index in [-0.39, 0.29) is 33.8 Å². The molecule has 5 aromatic carbocycles. The summed E-state index contributed by atoms with van der Waals surface area (Å²) in [4.78, 5) is -1.82. The van der Waals surface area contributed by atoms with Crippen LogP contribution in [0.25, 0.3) is 10.8 Å². The number of benzene rings is 5. The molecule has 9 N–H and O–H groups in total. The maximum absolute atomic E-state index is 12.7. The van der Waals surface area contributed by atoms with Crippen molar-refractivity contribution < 1.29 is 31.0 Å². The molecule has 6 rings (SSSR count). The zero-order chi connectivity index (χ0) is 37.3. The predicted molar refractivity (Wildman–Crippen MR) is 195 cm³/mol. The lowest BCUT2D eigenvalue weighted by atomic mass is 9.91. The van der Waals surface area contributed by atoms with E-state index in [1.54, 1.807) is 60.7 Å². The van der Waals surface area contributed by atoms with Crippen molar-refractivity contribution in [3.63, 3.8) is 0 Å². The quantitative estimate of drug-likeness (QED) is 0.0371. The smallest absolute Gasteiger partial charge is 0.296 e. The maximum atomic E-state index is 12.7. The Kier molecular flexibility index (Phi) is 9.39. The number of nitrogen functional groups attached to an aromatic ring is 3. The van der Waals surface area contributed by atoms with Crippen LogP contribution in [0.2, 0.25) is 0 Å². The lowest BCUT2D eigenvalue weighted by Gasteiger charge is -2.22. The van der Waals surface area contributed by atoms with Crippen LogP contribution in [0.1, 0.15) is 11.5 Å². The Balaban J connectivity index is 1.54. The van der Waals surface area contributed by atoms with Crippen molar-refractivity contribution in [1.82, 2.24) is 0 Å². The first-order chi connectivity index (χ1) is 24.6. The molecule has 0 saturated carbocycles. The minimum atomic E-state index is -5.14. The fraction of sp³-hybridized carbons (Fsp3) is 0.0588. The second-order valence-corrected chi connectivity index (χ2v) is 14.2. The van der Waals surface area contributed by atoms with Crippen molar-refractivity contribution in [3.8, 4) is 5.75 Å². The Labute approximate surface area is 297 Å². The highest BCUT2D eigenvalue weighted by atomic mass is 32.2. The van der Waals surface area contributed by atoms with E-state index >= 15 is 0 Å². The van der Waals surface area contributed by atoms with Gasteiger partial charge in [0.2, 0.25) is 5.66 Å². The highest BCUT2D eigenvalue weighted by molar-refractivity contribution is 7.86. The molecule has 52 heavy (non-hydrogen) atoms. The monoisotopic (exact) mass is 739 g/mol. The third-order valence-corrected chi connectivity index (χ3v) is 9.59. The number of fused-ring (bicyclic) bond motifs is 1. The number of anilines is 3. The average Bonchev–Trinajstić information content (AvgIpc) is 3.10. The van der Waals surface area contributed by atoms with Crippen LogP contribution >= 0.6 is 0 Å². The zero-order valence-electron chi connectivity index (χ0n) is 26.8. The van der Waals surface area contributed by atoms with Gasteiger partial charge in [0.1, 0.15) is 26.9 Å². The first-order valence-corrected chi connectivity index (χ1v) is 18.0.